The Labute approximate surface area is 203 Å². The molecule has 2 aliphatic carbocycles. The largest absolute Gasteiger partial charge is 0.369 e. The summed E-state index contributed by atoms with van der Waals surface area (Å²) in [6.07, 6.45) is 9.46. The first kappa shape index (κ1) is 24.7. The van der Waals surface area contributed by atoms with Gasteiger partial charge in [-0.3, -0.25) is 9.36 Å². The number of carbonyl (C=O) groups is 1. The number of imidazole rings is 1. The molecule has 35 heavy (non-hydrogen) atoms. The van der Waals surface area contributed by atoms with Crippen molar-refractivity contribution in [2.24, 2.45) is 11.7 Å². The molecule has 2 aromatic rings. The molecule has 188 valence electrons. The summed E-state index contributed by atoms with van der Waals surface area (Å²) in [5.74, 6) is -0.413. The van der Waals surface area contributed by atoms with Crippen LogP contribution < -0.4 is 21.7 Å². The summed E-state index contributed by atoms with van der Waals surface area (Å²) in [6, 6.07) is 3.56. The van der Waals surface area contributed by atoms with Gasteiger partial charge in [0.05, 0.1) is 11.5 Å². The van der Waals surface area contributed by atoms with E-state index in [1.807, 2.05) is 4.57 Å². The molecule has 0 aliphatic heterocycles. The van der Waals surface area contributed by atoms with Gasteiger partial charge >= 0.3 is 0 Å². The van der Waals surface area contributed by atoms with Crippen molar-refractivity contribution in [1.82, 2.24) is 14.9 Å². The first-order chi connectivity index (χ1) is 16.9. The number of benzene rings is 1. The summed E-state index contributed by atoms with van der Waals surface area (Å²) in [5.41, 5.74) is 5.95. The number of rotatable bonds is 9. The first-order valence-corrected chi connectivity index (χ1v) is 12.2. The maximum absolute atomic E-state index is 14.4. The van der Waals surface area contributed by atoms with Crippen LogP contribution in [0.2, 0.25) is 0 Å². The average Bonchev–Trinajstić information content (AvgIpc) is 3.18. The minimum absolute atomic E-state index is 0.0669. The topological polar surface area (TPSA) is 121 Å². The van der Waals surface area contributed by atoms with Crippen molar-refractivity contribution < 1.29 is 13.6 Å². The molecule has 0 atom stereocenters. The SMILES string of the molecule is C=C(Nc1c(C=N)nc(Nc2ccc(F)cc2F)n1C1CCC(C(N)=O)CC1)NC1CCCCC1. The number of hydrogen-bond donors (Lipinski definition) is 5. The minimum Gasteiger partial charge on any atom is -0.369 e. The quantitative estimate of drug-likeness (QED) is 0.323. The van der Waals surface area contributed by atoms with Crippen LogP contribution in [0, 0.1) is 23.0 Å². The van der Waals surface area contributed by atoms with Crippen molar-refractivity contribution in [2.75, 3.05) is 10.6 Å². The highest BCUT2D eigenvalue weighted by molar-refractivity contribution is 5.84. The lowest BCUT2D eigenvalue weighted by atomic mass is 9.85. The van der Waals surface area contributed by atoms with Crippen molar-refractivity contribution in [1.29, 1.82) is 5.41 Å². The van der Waals surface area contributed by atoms with Crippen LogP contribution in [0.5, 0.6) is 0 Å². The molecule has 2 saturated carbocycles. The fourth-order valence-corrected chi connectivity index (χ4v) is 5.12. The van der Waals surface area contributed by atoms with Crippen LogP contribution >= 0.6 is 0 Å². The van der Waals surface area contributed by atoms with Crippen LogP contribution in [0.1, 0.15) is 69.5 Å². The first-order valence-electron chi connectivity index (χ1n) is 12.2. The molecule has 1 aromatic heterocycles. The zero-order valence-corrected chi connectivity index (χ0v) is 19.7. The zero-order valence-electron chi connectivity index (χ0n) is 19.7. The highest BCUT2D eigenvalue weighted by atomic mass is 19.1. The zero-order chi connectivity index (χ0) is 24.9. The molecule has 0 saturated heterocycles. The number of primary amides is 1. The number of nitrogens with zero attached hydrogens (tertiary/aromatic N) is 2. The van der Waals surface area contributed by atoms with Gasteiger partial charge in [-0.1, -0.05) is 25.8 Å². The van der Waals surface area contributed by atoms with E-state index in [4.69, 9.17) is 11.1 Å². The van der Waals surface area contributed by atoms with E-state index < -0.39 is 11.6 Å². The fourth-order valence-electron chi connectivity index (χ4n) is 5.12. The van der Waals surface area contributed by atoms with E-state index in [9.17, 15) is 13.6 Å². The minimum atomic E-state index is -0.744. The Hall–Kier alpha value is -3.43. The van der Waals surface area contributed by atoms with Gasteiger partial charge in [-0.2, -0.15) is 0 Å². The lowest BCUT2D eigenvalue weighted by Gasteiger charge is -2.31. The van der Waals surface area contributed by atoms with Crippen LogP contribution in [0.3, 0.4) is 0 Å². The summed E-state index contributed by atoms with van der Waals surface area (Å²) in [5, 5.41) is 17.7. The lowest BCUT2D eigenvalue weighted by molar-refractivity contribution is -0.122. The van der Waals surface area contributed by atoms with Crippen LogP contribution in [0.25, 0.3) is 0 Å². The highest BCUT2D eigenvalue weighted by Crippen LogP contribution is 2.38. The third kappa shape index (κ3) is 5.80. The monoisotopic (exact) mass is 485 g/mol. The summed E-state index contributed by atoms with van der Waals surface area (Å²) in [6.45, 7) is 4.14. The molecule has 10 heteroatoms. The Kier molecular flexibility index (Phi) is 7.67. The smallest absolute Gasteiger partial charge is 0.220 e. The second-order valence-electron chi connectivity index (χ2n) is 9.42. The van der Waals surface area contributed by atoms with E-state index in [1.165, 1.54) is 31.4 Å². The predicted octanol–water partition coefficient (Wildman–Crippen LogP) is 4.92. The van der Waals surface area contributed by atoms with Crippen LogP contribution in [-0.2, 0) is 4.79 Å². The Morgan fingerprint density at radius 3 is 2.49 bits per heavy atom. The highest BCUT2D eigenvalue weighted by Gasteiger charge is 2.30. The molecule has 0 bridgehead atoms. The predicted molar refractivity (Wildman–Crippen MR) is 133 cm³/mol. The number of nitrogens with one attached hydrogen (secondary N) is 4. The van der Waals surface area contributed by atoms with Crippen molar-refractivity contribution in [3.05, 3.63) is 47.9 Å². The van der Waals surface area contributed by atoms with E-state index >= 15 is 0 Å². The second kappa shape index (κ2) is 10.9. The molecule has 4 rings (SSSR count). The van der Waals surface area contributed by atoms with Gasteiger partial charge in [0.25, 0.3) is 0 Å². The molecule has 2 fully saturated rings. The van der Waals surface area contributed by atoms with Gasteiger partial charge in [0.1, 0.15) is 23.1 Å². The number of amides is 1. The Morgan fingerprint density at radius 1 is 1.14 bits per heavy atom. The number of anilines is 3. The van der Waals surface area contributed by atoms with E-state index in [2.05, 4.69) is 27.5 Å². The molecule has 1 aromatic carbocycles. The number of hydrogen-bond acceptors (Lipinski definition) is 6. The van der Waals surface area contributed by atoms with Crippen molar-refractivity contribution in [3.8, 4) is 0 Å². The molecule has 1 amide bonds. The van der Waals surface area contributed by atoms with E-state index in [1.54, 1.807) is 0 Å². The van der Waals surface area contributed by atoms with Crippen LogP contribution in [0.4, 0.5) is 26.2 Å². The van der Waals surface area contributed by atoms with E-state index in [0.29, 0.717) is 55.0 Å². The maximum Gasteiger partial charge on any atom is 0.220 e. The van der Waals surface area contributed by atoms with Gasteiger partial charge in [-0.05, 0) is 50.7 Å². The summed E-state index contributed by atoms with van der Waals surface area (Å²) >= 11 is 0. The van der Waals surface area contributed by atoms with Gasteiger partial charge in [-0.15, -0.1) is 0 Å². The second-order valence-corrected chi connectivity index (χ2v) is 9.42. The van der Waals surface area contributed by atoms with Crippen molar-refractivity contribution >= 4 is 29.6 Å². The molecular formula is C25H33F2N7O. The van der Waals surface area contributed by atoms with Crippen molar-refractivity contribution in [2.45, 2.75) is 69.9 Å². The summed E-state index contributed by atoms with van der Waals surface area (Å²) in [7, 11) is 0. The summed E-state index contributed by atoms with van der Waals surface area (Å²) in [4.78, 5) is 16.2. The molecule has 8 nitrogen and oxygen atoms in total. The Bertz CT molecular complexity index is 1090. The normalized spacial score (nSPS) is 20.7. The molecular weight excluding hydrogens is 452 g/mol. The summed E-state index contributed by atoms with van der Waals surface area (Å²) < 4.78 is 29.8. The number of aromatic nitrogens is 2. The number of nitrogens with two attached hydrogens (primary N) is 1. The van der Waals surface area contributed by atoms with E-state index in [0.717, 1.165) is 25.1 Å². The maximum atomic E-state index is 14.4. The lowest BCUT2D eigenvalue weighted by Crippen LogP contribution is -2.33. The average molecular weight is 486 g/mol. The van der Waals surface area contributed by atoms with Gasteiger partial charge in [0.15, 0.2) is 0 Å². The van der Waals surface area contributed by atoms with Gasteiger partial charge in [0, 0.05) is 30.3 Å². The standard InChI is InChI=1S/C25H33F2N7O/c1-15(30-18-5-3-2-4-6-18)31-24-22(14-28)33-25(32-21-12-9-17(26)13-20(21)27)34(24)19-10-7-16(8-11-19)23(29)35/h9,12-14,16,18-19,28,30-31H,1-8,10-11H2,(H2,29,35)(H,32,33). The van der Waals surface area contributed by atoms with E-state index in [-0.39, 0.29) is 23.6 Å². The molecule has 0 unspecified atom stereocenters. The fraction of sp³-hybridized carbons (Fsp3) is 0.480. The molecule has 6 N–H and O–H groups in total. The molecule has 2 aliphatic rings. The Balaban J connectivity index is 1.64. The molecule has 1 heterocycles. The van der Waals surface area contributed by atoms with Crippen LogP contribution in [-0.4, -0.2) is 27.7 Å². The van der Waals surface area contributed by atoms with Crippen LogP contribution in [0.15, 0.2) is 30.6 Å². The van der Waals surface area contributed by atoms with Gasteiger partial charge in [0.2, 0.25) is 11.9 Å². The number of halogens is 2. The van der Waals surface area contributed by atoms with Gasteiger partial charge < -0.3 is 27.1 Å². The van der Waals surface area contributed by atoms with Gasteiger partial charge in [-0.25, -0.2) is 13.8 Å². The third-order valence-electron chi connectivity index (χ3n) is 6.97. The third-order valence-corrected chi connectivity index (χ3v) is 6.97. The number of carbonyl (C=O) groups excluding carboxylic acids is 1. The molecule has 0 radical (unpaired) electrons. The Morgan fingerprint density at radius 2 is 1.86 bits per heavy atom. The molecule has 0 spiro atoms. The van der Waals surface area contributed by atoms with Crippen molar-refractivity contribution in [3.63, 3.8) is 0 Å².